The number of thiazole rings is 1. The van der Waals surface area contributed by atoms with Crippen molar-refractivity contribution in [3.05, 3.63) is 50.4 Å². The molecule has 17 heavy (non-hydrogen) atoms. The van der Waals surface area contributed by atoms with E-state index in [2.05, 4.69) is 46.0 Å². The summed E-state index contributed by atoms with van der Waals surface area (Å²) in [6.07, 6.45) is 2.83. The lowest BCUT2D eigenvalue weighted by Gasteiger charge is -2.03. The standard InChI is InChI=1S/C13H15BrN2S/c1-9(7-15)12-8-16-13(17-12)6-10-4-2-3-5-11(10)14/h2-5,8-9H,6-7,15H2,1H3. The molecule has 0 aliphatic heterocycles. The summed E-state index contributed by atoms with van der Waals surface area (Å²) in [5.74, 6) is 0.403. The Balaban J connectivity index is 2.14. The van der Waals surface area contributed by atoms with Crippen LogP contribution in [0.3, 0.4) is 0 Å². The predicted molar refractivity (Wildman–Crippen MR) is 76.5 cm³/mol. The zero-order chi connectivity index (χ0) is 12.3. The van der Waals surface area contributed by atoms with Crippen molar-refractivity contribution in [1.29, 1.82) is 0 Å². The molecule has 1 unspecified atom stereocenters. The highest BCUT2D eigenvalue weighted by molar-refractivity contribution is 9.10. The second-order valence-corrected chi connectivity index (χ2v) is 6.06. The molecule has 1 aromatic carbocycles. The first kappa shape index (κ1) is 12.7. The SMILES string of the molecule is CC(CN)c1cnc(Cc2ccccc2Br)s1. The van der Waals surface area contributed by atoms with E-state index in [1.807, 2.05) is 12.3 Å². The molecule has 2 N–H and O–H groups in total. The van der Waals surface area contributed by atoms with Crippen LogP contribution in [0.1, 0.15) is 28.3 Å². The zero-order valence-corrected chi connectivity index (χ0v) is 12.1. The van der Waals surface area contributed by atoms with E-state index in [4.69, 9.17) is 5.73 Å². The van der Waals surface area contributed by atoms with Crippen LogP contribution in [0, 0.1) is 0 Å². The van der Waals surface area contributed by atoms with Gasteiger partial charge in [0.1, 0.15) is 0 Å². The van der Waals surface area contributed by atoms with Crippen LogP contribution in [0.15, 0.2) is 34.9 Å². The molecule has 2 nitrogen and oxygen atoms in total. The van der Waals surface area contributed by atoms with E-state index in [-0.39, 0.29) is 0 Å². The fraction of sp³-hybridized carbons (Fsp3) is 0.308. The third-order valence-electron chi connectivity index (χ3n) is 2.71. The molecule has 1 heterocycles. The van der Waals surface area contributed by atoms with E-state index in [0.717, 1.165) is 15.9 Å². The lowest BCUT2D eigenvalue weighted by molar-refractivity contribution is 0.787. The molecule has 0 radical (unpaired) electrons. The van der Waals surface area contributed by atoms with Gasteiger partial charge in [0.25, 0.3) is 0 Å². The third-order valence-corrected chi connectivity index (χ3v) is 4.71. The molecule has 2 rings (SSSR count). The molecule has 0 bridgehead atoms. The summed E-state index contributed by atoms with van der Waals surface area (Å²) in [4.78, 5) is 5.74. The highest BCUT2D eigenvalue weighted by atomic mass is 79.9. The van der Waals surface area contributed by atoms with Gasteiger partial charge in [-0.15, -0.1) is 11.3 Å². The molecule has 0 amide bonds. The van der Waals surface area contributed by atoms with Crippen LogP contribution >= 0.6 is 27.3 Å². The maximum Gasteiger partial charge on any atom is 0.0972 e. The van der Waals surface area contributed by atoms with E-state index in [1.165, 1.54) is 10.4 Å². The van der Waals surface area contributed by atoms with Gasteiger partial charge in [0.2, 0.25) is 0 Å². The molecular formula is C13H15BrN2S. The molecule has 0 fully saturated rings. The Morgan fingerprint density at radius 1 is 1.41 bits per heavy atom. The predicted octanol–water partition coefficient (Wildman–Crippen LogP) is 3.56. The summed E-state index contributed by atoms with van der Waals surface area (Å²) < 4.78 is 1.14. The molecule has 90 valence electrons. The zero-order valence-electron chi connectivity index (χ0n) is 9.69. The Morgan fingerprint density at radius 2 is 2.18 bits per heavy atom. The van der Waals surface area contributed by atoms with E-state index in [0.29, 0.717) is 12.5 Å². The van der Waals surface area contributed by atoms with Gasteiger partial charge >= 0.3 is 0 Å². The summed E-state index contributed by atoms with van der Waals surface area (Å²) in [7, 11) is 0. The van der Waals surface area contributed by atoms with Crippen molar-refractivity contribution in [3.63, 3.8) is 0 Å². The Morgan fingerprint density at radius 3 is 2.88 bits per heavy atom. The molecule has 0 saturated heterocycles. The Labute approximate surface area is 114 Å². The number of aromatic nitrogens is 1. The number of rotatable bonds is 4. The molecular weight excluding hydrogens is 296 g/mol. The van der Waals surface area contributed by atoms with Crippen molar-refractivity contribution in [2.75, 3.05) is 6.54 Å². The molecule has 0 spiro atoms. The van der Waals surface area contributed by atoms with Crippen LogP contribution in [0.5, 0.6) is 0 Å². The number of halogens is 1. The summed E-state index contributed by atoms with van der Waals surface area (Å²) in [6.45, 7) is 2.81. The first-order valence-electron chi connectivity index (χ1n) is 5.58. The molecule has 1 aromatic heterocycles. The van der Waals surface area contributed by atoms with Crippen molar-refractivity contribution in [2.24, 2.45) is 5.73 Å². The van der Waals surface area contributed by atoms with Gasteiger partial charge in [0.15, 0.2) is 0 Å². The molecule has 0 saturated carbocycles. The number of hydrogen-bond acceptors (Lipinski definition) is 3. The van der Waals surface area contributed by atoms with Crippen LogP contribution in [0.2, 0.25) is 0 Å². The second kappa shape index (κ2) is 5.76. The lowest BCUT2D eigenvalue weighted by Crippen LogP contribution is -2.07. The van der Waals surface area contributed by atoms with Gasteiger partial charge in [0, 0.05) is 27.9 Å². The topological polar surface area (TPSA) is 38.9 Å². The van der Waals surface area contributed by atoms with Crippen molar-refractivity contribution in [1.82, 2.24) is 4.98 Å². The van der Waals surface area contributed by atoms with E-state index in [9.17, 15) is 0 Å². The normalized spacial score (nSPS) is 12.6. The lowest BCUT2D eigenvalue weighted by atomic mass is 10.1. The first-order chi connectivity index (χ1) is 8.20. The quantitative estimate of drug-likeness (QED) is 0.937. The molecule has 0 aliphatic carbocycles. The number of nitrogens with two attached hydrogens (primary N) is 1. The smallest absolute Gasteiger partial charge is 0.0972 e. The fourth-order valence-corrected chi connectivity index (χ4v) is 2.99. The van der Waals surface area contributed by atoms with Crippen molar-refractivity contribution in [3.8, 4) is 0 Å². The van der Waals surface area contributed by atoms with Gasteiger partial charge < -0.3 is 5.73 Å². The van der Waals surface area contributed by atoms with E-state index >= 15 is 0 Å². The van der Waals surface area contributed by atoms with Crippen LogP contribution < -0.4 is 5.73 Å². The molecule has 1 atom stereocenters. The van der Waals surface area contributed by atoms with Crippen LogP contribution in [-0.2, 0) is 6.42 Å². The minimum atomic E-state index is 0.403. The largest absolute Gasteiger partial charge is 0.330 e. The van der Waals surface area contributed by atoms with E-state index < -0.39 is 0 Å². The number of hydrogen-bond donors (Lipinski definition) is 1. The molecule has 4 heteroatoms. The minimum Gasteiger partial charge on any atom is -0.330 e. The summed E-state index contributed by atoms with van der Waals surface area (Å²) >= 11 is 5.32. The summed E-state index contributed by atoms with van der Waals surface area (Å²) in [6, 6.07) is 8.26. The first-order valence-corrected chi connectivity index (χ1v) is 7.19. The average Bonchev–Trinajstić information content (AvgIpc) is 2.80. The fourth-order valence-electron chi connectivity index (χ4n) is 1.55. The van der Waals surface area contributed by atoms with Crippen LogP contribution in [0.4, 0.5) is 0 Å². The Kier molecular flexibility index (Phi) is 4.31. The van der Waals surface area contributed by atoms with E-state index in [1.54, 1.807) is 11.3 Å². The summed E-state index contributed by atoms with van der Waals surface area (Å²) in [5, 5.41) is 1.15. The highest BCUT2D eigenvalue weighted by Crippen LogP contribution is 2.25. The monoisotopic (exact) mass is 310 g/mol. The number of nitrogens with zero attached hydrogens (tertiary/aromatic N) is 1. The highest BCUT2D eigenvalue weighted by Gasteiger charge is 2.09. The maximum absolute atomic E-state index is 5.66. The maximum atomic E-state index is 5.66. The summed E-state index contributed by atoms with van der Waals surface area (Å²) in [5.41, 5.74) is 6.93. The van der Waals surface area contributed by atoms with Crippen molar-refractivity contribution >= 4 is 27.3 Å². The van der Waals surface area contributed by atoms with Crippen molar-refractivity contribution < 1.29 is 0 Å². The molecule has 2 aromatic rings. The van der Waals surface area contributed by atoms with Crippen LogP contribution in [0.25, 0.3) is 0 Å². The molecule has 0 aliphatic rings. The van der Waals surface area contributed by atoms with Gasteiger partial charge in [-0.05, 0) is 18.2 Å². The Bertz CT molecular complexity index is 496. The van der Waals surface area contributed by atoms with Crippen molar-refractivity contribution in [2.45, 2.75) is 19.3 Å². The third kappa shape index (κ3) is 3.15. The van der Waals surface area contributed by atoms with Crippen LogP contribution in [-0.4, -0.2) is 11.5 Å². The van der Waals surface area contributed by atoms with Gasteiger partial charge in [0.05, 0.1) is 5.01 Å². The van der Waals surface area contributed by atoms with Gasteiger partial charge in [-0.3, -0.25) is 0 Å². The van der Waals surface area contributed by atoms with Gasteiger partial charge in [-0.1, -0.05) is 41.1 Å². The Hall–Kier alpha value is -0.710. The van der Waals surface area contributed by atoms with Gasteiger partial charge in [-0.25, -0.2) is 4.98 Å². The number of benzene rings is 1. The second-order valence-electron chi connectivity index (χ2n) is 4.06. The van der Waals surface area contributed by atoms with Gasteiger partial charge in [-0.2, -0.15) is 0 Å². The minimum absolute atomic E-state index is 0.403. The average molecular weight is 311 g/mol.